The van der Waals surface area contributed by atoms with Crippen LogP contribution in [0.1, 0.15) is 20.8 Å². The molecule has 0 bridgehead atoms. The van der Waals surface area contributed by atoms with Gasteiger partial charge in [0.05, 0.1) is 0 Å². The van der Waals surface area contributed by atoms with Crippen LogP contribution in [0.2, 0.25) is 0 Å². The number of nitrogens with zero attached hydrogens (tertiary/aromatic N) is 2. The zero-order chi connectivity index (χ0) is 19.0. The molecule has 0 atom stereocenters. The van der Waals surface area contributed by atoms with Crippen molar-refractivity contribution in [2.45, 2.75) is 26.4 Å². The lowest BCUT2D eigenvalue weighted by molar-refractivity contribution is -0.112. The third-order valence-electron chi connectivity index (χ3n) is 2.75. The molecule has 1 aromatic carbocycles. The van der Waals surface area contributed by atoms with Crippen LogP contribution in [0.4, 0.5) is 10.5 Å². The molecule has 0 aliphatic rings. The maximum Gasteiger partial charge on any atom is 0.414 e. The first kappa shape index (κ1) is 20.0. The molecule has 0 heterocycles. The molecule has 1 aromatic rings. The van der Waals surface area contributed by atoms with E-state index in [0.717, 1.165) is 11.1 Å². The lowest BCUT2D eigenvalue weighted by Gasteiger charge is -2.25. The number of amides is 2. The summed E-state index contributed by atoms with van der Waals surface area (Å²) in [6, 6.07) is 7.62. The number of benzene rings is 1. The van der Waals surface area contributed by atoms with E-state index < -0.39 is 17.6 Å². The van der Waals surface area contributed by atoms with Crippen molar-refractivity contribution in [3.8, 4) is 11.8 Å². The van der Waals surface area contributed by atoms with Crippen molar-refractivity contribution in [1.82, 2.24) is 4.90 Å². The van der Waals surface area contributed by atoms with Gasteiger partial charge in [-0.15, -0.1) is 0 Å². The number of carbonyl (C=O) groups is 2. The van der Waals surface area contributed by atoms with Gasteiger partial charge in [0.2, 0.25) is 0 Å². The van der Waals surface area contributed by atoms with Crippen molar-refractivity contribution in [1.29, 1.82) is 5.26 Å². The minimum Gasteiger partial charge on any atom is -0.508 e. The molecule has 0 unspecified atom stereocenters. The van der Waals surface area contributed by atoms with Gasteiger partial charge in [0.25, 0.3) is 5.91 Å². The van der Waals surface area contributed by atoms with Crippen molar-refractivity contribution in [3.63, 3.8) is 0 Å². The van der Waals surface area contributed by atoms with Crippen molar-refractivity contribution >= 4 is 17.7 Å². The van der Waals surface area contributed by atoms with Gasteiger partial charge in [-0.05, 0) is 32.9 Å². The van der Waals surface area contributed by atoms with E-state index in [1.165, 1.54) is 12.1 Å². The molecule has 4 N–H and O–H groups in total. The predicted molar refractivity (Wildman–Crippen MR) is 92.4 cm³/mol. The van der Waals surface area contributed by atoms with Gasteiger partial charge in [0.15, 0.2) is 0 Å². The molecule has 0 radical (unpaired) electrons. The Kier molecular flexibility index (Phi) is 6.96. The molecule has 8 heteroatoms. The number of aromatic hydroxyl groups is 1. The second-order valence-corrected chi connectivity index (χ2v) is 6.12. The van der Waals surface area contributed by atoms with Crippen LogP contribution < -0.4 is 11.1 Å². The van der Waals surface area contributed by atoms with Crippen molar-refractivity contribution in [2.24, 2.45) is 5.73 Å². The Labute approximate surface area is 146 Å². The van der Waals surface area contributed by atoms with Gasteiger partial charge < -0.3 is 20.9 Å². The number of nitriles is 1. The van der Waals surface area contributed by atoms with Crippen molar-refractivity contribution in [3.05, 3.63) is 36.0 Å². The third-order valence-corrected chi connectivity index (χ3v) is 2.75. The largest absolute Gasteiger partial charge is 0.508 e. The van der Waals surface area contributed by atoms with Crippen LogP contribution in [0.5, 0.6) is 5.75 Å². The monoisotopic (exact) mass is 346 g/mol. The molecule has 134 valence electrons. The summed E-state index contributed by atoms with van der Waals surface area (Å²) in [6.45, 7) is 5.32. The summed E-state index contributed by atoms with van der Waals surface area (Å²) in [5.41, 5.74) is 4.76. The second kappa shape index (κ2) is 8.70. The predicted octanol–water partition coefficient (Wildman–Crippen LogP) is 1.93. The van der Waals surface area contributed by atoms with Crippen LogP contribution >= 0.6 is 0 Å². The highest BCUT2D eigenvalue weighted by Gasteiger charge is 2.22. The first-order valence-electron chi connectivity index (χ1n) is 7.58. The number of rotatable bonds is 5. The molecular formula is C17H22N4O4. The van der Waals surface area contributed by atoms with Crippen LogP contribution in [0, 0.1) is 11.3 Å². The lowest BCUT2D eigenvalue weighted by atomic mass is 10.2. The quantitative estimate of drug-likeness (QED) is 0.552. The van der Waals surface area contributed by atoms with Gasteiger partial charge in [-0.2, -0.15) is 5.26 Å². The van der Waals surface area contributed by atoms with E-state index >= 15 is 0 Å². The molecule has 1 rings (SSSR count). The summed E-state index contributed by atoms with van der Waals surface area (Å²) in [6.07, 6.45) is 0.384. The Morgan fingerprint density at radius 3 is 2.64 bits per heavy atom. The van der Waals surface area contributed by atoms with Crippen LogP contribution in [-0.4, -0.2) is 40.7 Å². The van der Waals surface area contributed by atoms with Crippen molar-refractivity contribution < 1.29 is 19.4 Å². The Balaban J connectivity index is 2.97. The van der Waals surface area contributed by atoms with E-state index in [9.17, 15) is 20.0 Å². The molecular weight excluding hydrogens is 324 g/mol. The number of hydrogen-bond acceptors (Lipinski definition) is 6. The maximum absolute atomic E-state index is 12.2. The highest BCUT2D eigenvalue weighted by atomic mass is 16.6. The molecule has 0 fully saturated rings. The smallest absolute Gasteiger partial charge is 0.414 e. The topological polar surface area (TPSA) is 129 Å². The van der Waals surface area contributed by atoms with Gasteiger partial charge in [-0.3, -0.25) is 9.69 Å². The van der Waals surface area contributed by atoms with E-state index in [2.05, 4.69) is 5.32 Å². The summed E-state index contributed by atoms with van der Waals surface area (Å²) < 4.78 is 5.22. The van der Waals surface area contributed by atoms with E-state index in [1.54, 1.807) is 39.0 Å². The Hall–Kier alpha value is -3.05. The van der Waals surface area contributed by atoms with E-state index in [4.69, 9.17) is 10.5 Å². The number of hydrogen-bond donors (Lipinski definition) is 3. The molecule has 0 saturated carbocycles. The summed E-state index contributed by atoms with van der Waals surface area (Å²) in [5, 5.41) is 21.1. The fraction of sp³-hybridized carbons (Fsp3) is 0.353. The van der Waals surface area contributed by atoms with E-state index in [1.807, 2.05) is 0 Å². The number of anilines is 1. The van der Waals surface area contributed by atoms with Gasteiger partial charge in [-0.1, -0.05) is 6.07 Å². The molecule has 0 aliphatic carbocycles. The fourth-order valence-electron chi connectivity index (χ4n) is 1.74. The van der Waals surface area contributed by atoms with Gasteiger partial charge in [-0.25, -0.2) is 4.79 Å². The summed E-state index contributed by atoms with van der Waals surface area (Å²) >= 11 is 0. The Morgan fingerprint density at radius 1 is 1.44 bits per heavy atom. The minimum atomic E-state index is -0.728. The van der Waals surface area contributed by atoms with Crippen LogP contribution in [0.15, 0.2) is 36.0 Å². The average molecular weight is 346 g/mol. The summed E-state index contributed by atoms with van der Waals surface area (Å²) in [7, 11) is 0. The van der Waals surface area contributed by atoms with Crippen LogP contribution in [0.3, 0.4) is 0 Å². The first-order valence-corrected chi connectivity index (χ1v) is 7.58. The molecule has 25 heavy (non-hydrogen) atoms. The molecule has 2 amide bonds. The van der Waals surface area contributed by atoms with Gasteiger partial charge >= 0.3 is 6.09 Å². The van der Waals surface area contributed by atoms with E-state index in [-0.39, 0.29) is 24.4 Å². The number of ether oxygens (including phenoxy) is 1. The number of nitrogens with two attached hydrogens (primary N) is 1. The standard InChI is InChI=1S/C17H22N4O4/c1-17(2,3)25-16(24)21(8-7-18)11-12(10-19)15(23)20-13-5-4-6-14(22)9-13/h4-6,9,11,22H,7-8,18H2,1-3H3,(H,20,23)/b12-11-. The normalized spacial score (nSPS) is 11.4. The average Bonchev–Trinajstić information content (AvgIpc) is 2.49. The van der Waals surface area contributed by atoms with Crippen LogP contribution in [-0.2, 0) is 9.53 Å². The Bertz CT molecular complexity index is 701. The zero-order valence-corrected chi connectivity index (χ0v) is 14.4. The third kappa shape index (κ3) is 6.93. The highest BCUT2D eigenvalue weighted by molar-refractivity contribution is 6.06. The highest BCUT2D eigenvalue weighted by Crippen LogP contribution is 2.16. The van der Waals surface area contributed by atoms with Gasteiger partial charge in [0, 0.05) is 31.0 Å². The molecule has 8 nitrogen and oxygen atoms in total. The number of nitrogens with one attached hydrogen (secondary N) is 1. The summed E-state index contributed by atoms with van der Waals surface area (Å²) in [5.74, 6) is -0.752. The molecule has 0 aliphatic heterocycles. The molecule has 0 saturated heterocycles. The number of phenols is 1. The molecule has 0 aromatic heterocycles. The summed E-state index contributed by atoms with van der Waals surface area (Å²) in [4.78, 5) is 25.4. The van der Waals surface area contributed by atoms with Crippen molar-refractivity contribution in [2.75, 3.05) is 18.4 Å². The fourth-order valence-corrected chi connectivity index (χ4v) is 1.74. The number of carbonyl (C=O) groups excluding carboxylic acids is 2. The maximum atomic E-state index is 12.2. The SMILES string of the molecule is CC(C)(C)OC(=O)N(/C=C(/C#N)C(=O)Nc1cccc(O)c1)CCN. The zero-order valence-electron chi connectivity index (χ0n) is 14.4. The minimum absolute atomic E-state index is 0.0289. The molecule has 0 spiro atoms. The Morgan fingerprint density at radius 2 is 2.12 bits per heavy atom. The van der Waals surface area contributed by atoms with Gasteiger partial charge in [0.1, 0.15) is 23.0 Å². The second-order valence-electron chi connectivity index (χ2n) is 6.12. The van der Waals surface area contributed by atoms with E-state index in [0.29, 0.717) is 5.69 Å². The lowest BCUT2D eigenvalue weighted by Crippen LogP contribution is -2.37. The first-order chi connectivity index (χ1) is 11.7. The van der Waals surface area contributed by atoms with Crippen LogP contribution in [0.25, 0.3) is 0 Å². The number of phenolic OH excluding ortho intramolecular Hbond substituents is 1.